The fourth-order valence-corrected chi connectivity index (χ4v) is 2.53. The second-order valence-corrected chi connectivity index (χ2v) is 5.87. The van der Waals surface area contributed by atoms with Crippen LogP contribution in [0.3, 0.4) is 0 Å². The molecule has 0 aromatic carbocycles. The Labute approximate surface area is 122 Å². The monoisotopic (exact) mass is 280 g/mol. The Bertz CT molecular complexity index is 460. The van der Waals surface area contributed by atoms with E-state index in [9.17, 15) is 5.11 Å². The highest BCUT2D eigenvalue weighted by Crippen LogP contribution is 2.28. The third-order valence-corrected chi connectivity index (χ3v) is 4.59. The van der Waals surface area contributed by atoms with E-state index in [0.29, 0.717) is 6.42 Å². The van der Waals surface area contributed by atoms with E-state index in [-0.39, 0.29) is 5.54 Å². The van der Waals surface area contributed by atoms with Crippen LogP contribution in [0, 0.1) is 13.8 Å². The molecule has 4 nitrogen and oxygen atoms in total. The SMILES string of the molecule is CCC(C)(C(O)Cc1ncc(C)c(OC)c1C)N(C)C. The lowest BCUT2D eigenvalue weighted by atomic mass is 9.86. The van der Waals surface area contributed by atoms with Crippen molar-refractivity contribution in [2.24, 2.45) is 0 Å². The largest absolute Gasteiger partial charge is 0.496 e. The summed E-state index contributed by atoms with van der Waals surface area (Å²) in [7, 11) is 5.68. The number of rotatable bonds is 6. The highest BCUT2D eigenvalue weighted by atomic mass is 16.5. The summed E-state index contributed by atoms with van der Waals surface area (Å²) in [5.41, 5.74) is 2.69. The lowest BCUT2D eigenvalue weighted by Crippen LogP contribution is -2.51. The zero-order valence-corrected chi connectivity index (χ0v) is 13.8. The minimum absolute atomic E-state index is 0.258. The molecule has 0 saturated heterocycles. The number of methoxy groups -OCH3 is 1. The van der Waals surface area contributed by atoms with E-state index in [1.807, 2.05) is 34.1 Å². The first-order valence-electron chi connectivity index (χ1n) is 7.12. The van der Waals surface area contributed by atoms with Gasteiger partial charge in [0.1, 0.15) is 5.75 Å². The summed E-state index contributed by atoms with van der Waals surface area (Å²) < 4.78 is 5.43. The topological polar surface area (TPSA) is 45.6 Å². The number of pyridine rings is 1. The molecule has 2 atom stereocenters. The molecule has 0 radical (unpaired) electrons. The van der Waals surface area contributed by atoms with Gasteiger partial charge in [-0.15, -0.1) is 0 Å². The van der Waals surface area contributed by atoms with E-state index in [1.54, 1.807) is 7.11 Å². The van der Waals surface area contributed by atoms with Gasteiger partial charge in [0.2, 0.25) is 0 Å². The number of aromatic nitrogens is 1. The predicted octanol–water partition coefficient (Wildman–Crippen LogP) is 2.34. The maximum Gasteiger partial charge on any atom is 0.128 e. The van der Waals surface area contributed by atoms with Crippen molar-refractivity contribution in [2.45, 2.75) is 52.2 Å². The quantitative estimate of drug-likeness (QED) is 0.869. The fraction of sp³-hybridized carbons (Fsp3) is 0.688. The second kappa shape index (κ2) is 6.55. The summed E-state index contributed by atoms with van der Waals surface area (Å²) in [6.45, 7) is 8.16. The minimum atomic E-state index is -0.471. The molecule has 0 aliphatic rings. The van der Waals surface area contributed by atoms with Crippen molar-refractivity contribution in [1.82, 2.24) is 9.88 Å². The average molecular weight is 280 g/mol. The zero-order valence-electron chi connectivity index (χ0n) is 13.8. The van der Waals surface area contributed by atoms with Crippen molar-refractivity contribution in [3.8, 4) is 5.75 Å². The lowest BCUT2D eigenvalue weighted by Gasteiger charge is -2.40. The Kier molecular flexibility index (Phi) is 5.54. The minimum Gasteiger partial charge on any atom is -0.496 e. The maximum atomic E-state index is 10.6. The Morgan fingerprint density at radius 1 is 1.40 bits per heavy atom. The predicted molar refractivity (Wildman–Crippen MR) is 82.4 cm³/mol. The molecule has 0 aliphatic heterocycles. The van der Waals surface area contributed by atoms with Gasteiger partial charge in [-0.1, -0.05) is 6.92 Å². The van der Waals surface area contributed by atoms with Gasteiger partial charge in [0, 0.05) is 35.0 Å². The maximum absolute atomic E-state index is 10.6. The molecule has 0 bridgehead atoms. The van der Waals surface area contributed by atoms with Gasteiger partial charge < -0.3 is 14.7 Å². The van der Waals surface area contributed by atoms with Crippen LogP contribution in [0.4, 0.5) is 0 Å². The first-order chi connectivity index (χ1) is 9.27. The smallest absolute Gasteiger partial charge is 0.128 e. The molecule has 4 heteroatoms. The molecule has 1 aromatic heterocycles. The van der Waals surface area contributed by atoms with Gasteiger partial charge in [0.05, 0.1) is 13.2 Å². The third-order valence-electron chi connectivity index (χ3n) is 4.59. The number of likely N-dealkylation sites (N-methyl/N-ethyl adjacent to an activating group) is 1. The van der Waals surface area contributed by atoms with Gasteiger partial charge in [0.25, 0.3) is 0 Å². The van der Waals surface area contributed by atoms with Gasteiger partial charge in [-0.2, -0.15) is 0 Å². The Balaban J connectivity index is 3.05. The van der Waals surface area contributed by atoms with Crippen LogP contribution in [0.25, 0.3) is 0 Å². The number of aryl methyl sites for hydroxylation is 1. The molecule has 20 heavy (non-hydrogen) atoms. The molecule has 2 unspecified atom stereocenters. The van der Waals surface area contributed by atoms with Crippen LogP contribution in [-0.2, 0) is 6.42 Å². The van der Waals surface area contributed by atoms with Crippen LogP contribution in [0.5, 0.6) is 5.75 Å². The molecule has 114 valence electrons. The summed E-state index contributed by atoms with van der Waals surface area (Å²) in [5, 5.41) is 10.6. The number of aliphatic hydroxyl groups excluding tert-OH is 1. The fourth-order valence-electron chi connectivity index (χ4n) is 2.53. The normalized spacial score (nSPS) is 16.1. The second-order valence-electron chi connectivity index (χ2n) is 5.87. The van der Waals surface area contributed by atoms with E-state index in [1.165, 1.54) is 0 Å². The van der Waals surface area contributed by atoms with Gasteiger partial charge in [-0.3, -0.25) is 4.98 Å². The lowest BCUT2D eigenvalue weighted by molar-refractivity contribution is 0.00236. The Morgan fingerprint density at radius 3 is 2.45 bits per heavy atom. The molecule has 1 N–H and O–H groups in total. The molecular weight excluding hydrogens is 252 g/mol. The van der Waals surface area contributed by atoms with E-state index >= 15 is 0 Å². The van der Waals surface area contributed by atoms with Crippen LogP contribution in [0.2, 0.25) is 0 Å². The van der Waals surface area contributed by atoms with Crippen LogP contribution >= 0.6 is 0 Å². The van der Waals surface area contributed by atoms with Crippen LogP contribution in [-0.4, -0.2) is 47.8 Å². The summed E-state index contributed by atoms with van der Waals surface area (Å²) in [6, 6.07) is 0. The average Bonchev–Trinajstić information content (AvgIpc) is 2.41. The number of hydrogen-bond donors (Lipinski definition) is 1. The van der Waals surface area contributed by atoms with Crippen molar-refractivity contribution < 1.29 is 9.84 Å². The highest BCUT2D eigenvalue weighted by molar-refractivity contribution is 5.41. The number of hydrogen-bond acceptors (Lipinski definition) is 4. The van der Waals surface area contributed by atoms with Crippen molar-refractivity contribution in [3.05, 3.63) is 23.0 Å². The number of nitrogens with zero attached hydrogens (tertiary/aromatic N) is 2. The van der Waals surface area contributed by atoms with Crippen molar-refractivity contribution in [2.75, 3.05) is 21.2 Å². The van der Waals surface area contributed by atoms with Crippen molar-refractivity contribution in [3.63, 3.8) is 0 Å². The van der Waals surface area contributed by atoms with Crippen LogP contribution in [0.1, 0.15) is 37.1 Å². The molecule has 0 amide bonds. The standard InChI is InChI=1S/C16H28N2O2/c1-8-16(4,18(5)6)14(19)9-13-12(3)15(20-7)11(2)10-17-13/h10,14,19H,8-9H2,1-7H3. The van der Waals surface area contributed by atoms with Gasteiger partial charge in [-0.05, 0) is 41.3 Å². The summed E-state index contributed by atoms with van der Waals surface area (Å²) in [4.78, 5) is 6.56. The zero-order chi connectivity index (χ0) is 15.5. The van der Waals surface area contributed by atoms with E-state index in [0.717, 1.165) is 29.0 Å². The molecule has 0 saturated carbocycles. The van der Waals surface area contributed by atoms with E-state index < -0.39 is 6.10 Å². The van der Waals surface area contributed by atoms with E-state index in [4.69, 9.17) is 4.74 Å². The molecular formula is C16H28N2O2. The highest BCUT2D eigenvalue weighted by Gasteiger charge is 2.34. The van der Waals surface area contributed by atoms with Crippen LogP contribution < -0.4 is 4.74 Å². The number of aliphatic hydroxyl groups is 1. The summed E-state index contributed by atoms with van der Waals surface area (Å²) in [6.07, 6.45) is 2.75. The third kappa shape index (κ3) is 3.13. The molecule has 0 aliphatic carbocycles. The van der Waals surface area contributed by atoms with Gasteiger partial charge >= 0.3 is 0 Å². The first-order valence-corrected chi connectivity index (χ1v) is 7.12. The molecule has 1 rings (SSSR count). The van der Waals surface area contributed by atoms with Gasteiger partial charge in [-0.25, -0.2) is 0 Å². The molecule has 1 heterocycles. The molecule has 0 fully saturated rings. The summed E-state index contributed by atoms with van der Waals surface area (Å²) >= 11 is 0. The Hall–Kier alpha value is -1.13. The summed E-state index contributed by atoms with van der Waals surface area (Å²) in [5.74, 6) is 0.866. The van der Waals surface area contributed by atoms with Gasteiger partial charge in [0.15, 0.2) is 0 Å². The molecule has 0 spiro atoms. The first kappa shape index (κ1) is 16.9. The van der Waals surface area contributed by atoms with E-state index in [2.05, 4.69) is 23.7 Å². The van der Waals surface area contributed by atoms with Crippen LogP contribution in [0.15, 0.2) is 6.20 Å². The number of ether oxygens (including phenoxy) is 1. The van der Waals surface area contributed by atoms with Crippen molar-refractivity contribution >= 4 is 0 Å². The molecule has 1 aromatic rings. The Morgan fingerprint density at radius 2 is 2.00 bits per heavy atom. The van der Waals surface area contributed by atoms with Crippen molar-refractivity contribution in [1.29, 1.82) is 0 Å².